The molecule has 1 N–H and O–H groups in total. The van der Waals surface area contributed by atoms with E-state index in [9.17, 15) is 4.79 Å². The Kier molecular flexibility index (Phi) is 6.34. The third-order valence-corrected chi connectivity index (χ3v) is 4.78. The SMILES string of the molecule is CC(C)[C@@H](CSc1ccc(Cl)cc1)NC(=O)c1ccccc1. The number of thioether (sulfide) groups is 1. The smallest absolute Gasteiger partial charge is 0.251 e. The van der Waals surface area contributed by atoms with Crippen LogP contribution in [0.1, 0.15) is 24.2 Å². The molecule has 2 rings (SSSR count). The van der Waals surface area contributed by atoms with Crippen molar-refractivity contribution in [1.29, 1.82) is 0 Å². The second-order valence-corrected chi connectivity index (χ2v) is 6.98. The first kappa shape index (κ1) is 16.9. The zero-order valence-electron chi connectivity index (χ0n) is 12.8. The van der Waals surface area contributed by atoms with Crippen molar-refractivity contribution in [2.24, 2.45) is 5.92 Å². The lowest BCUT2D eigenvalue weighted by molar-refractivity contribution is 0.0931. The van der Waals surface area contributed by atoms with Gasteiger partial charge in [-0.1, -0.05) is 43.6 Å². The Balaban J connectivity index is 1.95. The lowest BCUT2D eigenvalue weighted by atomic mass is 10.1. The maximum absolute atomic E-state index is 12.3. The number of carbonyl (C=O) groups excluding carboxylic acids is 1. The van der Waals surface area contributed by atoms with E-state index >= 15 is 0 Å². The maximum Gasteiger partial charge on any atom is 0.251 e. The molecule has 1 amide bonds. The van der Waals surface area contributed by atoms with Crippen LogP contribution < -0.4 is 5.32 Å². The first-order valence-electron chi connectivity index (χ1n) is 7.30. The van der Waals surface area contributed by atoms with Crippen LogP contribution in [0.15, 0.2) is 59.5 Å². The normalized spacial score (nSPS) is 12.2. The summed E-state index contributed by atoms with van der Waals surface area (Å²) in [5.41, 5.74) is 0.699. The van der Waals surface area contributed by atoms with Gasteiger partial charge in [0.05, 0.1) is 0 Å². The van der Waals surface area contributed by atoms with Gasteiger partial charge in [0.25, 0.3) is 5.91 Å². The van der Waals surface area contributed by atoms with Gasteiger partial charge in [0.2, 0.25) is 0 Å². The topological polar surface area (TPSA) is 29.1 Å². The van der Waals surface area contributed by atoms with Crippen LogP contribution >= 0.6 is 23.4 Å². The Labute approximate surface area is 141 Å². The number of benzene rings is 2. The van der Waals surface area contributed by atoms with Gasteiger partial charge in [0, 0.05) is 27.3 Å². The van der Waals surface area contributed by atoms with Crippen LogP contribution in [0, 0.1) is 5.92 Å². The average molecular weight is 334 g/mol. The van der Waals surface area contributed by atoms with Gasteiger partial charge in [-0.05, 0) is 42.3 Å². The van der Waals surface area contributed by atoms with Crippen molar-refractivity contribution in [1.82, 2.24) is 5.32 Å². The Morgan fingerprint density at radius 3 is 2.32 bits per heavy atom. The van der Waals surface area contributed by atoms with E-state index in [1.165, 1.54) is 0 Å². The number of amides is 1. The molecule has 0 aliphatic carbocycles. The molecule has 0 spiro atoms. The van der Waals surface area contributed by atoms with Crippen molar-refractivity contribution >= 4 is 29.3 Å². The van der Waals surface area contributed by atoms with Gasteiger partial charge in [-0.2, -0.15) is 0 Å². The molecule has 0 aliphatic heterocycles. The molecule has 1 atom stereocenters. The quantitative estimate of drug-likeness (QED) is 0.763. The molecular formula is C18H20ClNOS. The number of carbonyl (C=O) groups is 1. The predicted molar refractivity (Wildman–Crippen MR) is 94.7 cm³/mol. The van der Waals surface area contributed by atoms with Crippen LogP contribution in [0.3, 0.4) is 0 Å². The second-order valence-electron chi connectivity index (χ2n) is 5.45. The van der Waals surface area contributed by atoms with Crippen LogP contribution in [-0.2, 0) is 0 Å². The second kappa shape index (κ2) is 8.25. The summed E-state index contributed by atoms with van der Waals surface area (Å²) in [7, 11) is 0. The summed E-state index contributed by atoms with van der Waals surface area (Å²) in [5.74, 6) is 1.18. The maximum atomic E-state index is 12.3. The standard InChI is InChI=1S/C18H20ClNOS/c1-13(2)17(12-22-16-10-8-15(19)9-11-16)20-18(21)14-6-4-3-5-7-14/h3-11,13,17H,12H2,1-2H3,(H,20,21)/t17-/m1/s1. The Hall–Kier alpha value is -1.45. The van der Waals surface area contributed by atoms with Crippen molar-refractivity contribution in [2.45, 2.75) is 24.8 Å². The van der Waals surface area contributed by atoms with Crippen LogP contribution in [0.5, 0.6) is 0 Å². The largest absolute Gasteiger partial charge is 0.348 e. The highest BCUT2D eigenvalue weighted by molar-refractivity contribution is 7.99. The zero-order chi connectivity index (χ0) is 15.9. The molecule has 2 aromatic carbocycles. The first-order valence-corrected chi connectivity index (χ1v) is 8.67. The van der Waals surface area contributed by atoms with E-state index in [1.54, 1.807) is 11.8 Å². The van der Waals surface area contributed by atoms with Crippen molar-refractivity contribution in [2.75, 3.05) is 5.75 Å². The minimum absolute atomic E-state index is 0.0176. The number of halogens is 1. The molecule has 0 saturated heterocycles. The van der Waals surface area contributed by atoms with Crippen LogP contribution in [0.4, 0.5) is 0 Å². The highest BCUT2D eigenvalue weighted by Crippen LogP contribution is 2.22. The molecule has 0 saturated carbocycles. The van der Waals surface area contributed by atoms with Crippen LogP contribution in [0.2, 0.25) is 5.02 Å². The molecule has 4 heteroatoms. The van der Waals surface area contributed by atoms with Gasteiger partial charge in [0.15, 0.2) is 0 Å². The summed E-state index contributed by atoms with van der Waals surface area (Å²) in [5, 5.41) is 3.87. The average Bonchev–Trinajstić information content (AvgIpc) is 2.53. The Morgan fingerprint density at radius 2 is 1.73 bits per heavy atom. The van der Waals surface area contributed by atoms with E-state index in [2.05, 4.69) is 19.2 Å². The lowest BCUT2D eigenvalue weighted by Gasteiger charge is -2.22. The molecule has 0 fully saturated rings. The van der Waals surface area contributed by atoms with E-state index in [1.807, 2.05) is 54.6 Å². The summed E-state index contributed by atoms with van der Waals surface area (Å²) < 4.78 is 0. The number of hydrogen-bond donors (Lipinski definition) is 1. The first-order chi connectivity index (χ1) is 10.6. The summed E-state index contributed by atoms with van der Waals surface area (Å²) in [4.78, 5) is 13.4. The van der Waals surface area contributed by atoms with E-state index in [4.69, 9.17) is 11.6 Å². The van der Waals surface area contributed by atoms with Gasteiger partial charge < -0.3 is 5.32 Å². The fourth-order valence-electron chi connectivity index (χ4n) is 1.96. The monoisotopic (exact) mass is 333 g/mol. The van der Waals surface area contributed by atoms with Gasteiger partial charge in [-0.25, -0.2) is 0 Å². The highest BCUT2D eigenvalue weighted by Gasteiger charge is 2.17. The summed E-state index contributed by atoms with van der Waals surface area (Å²) >= 11 is 7.62. The molecule has 0 aromatic heterocycles. The molecule has 2 nitrogen and oxygen atoms in total. The predicted octanol–water partition coefficient (Wildman–Crippen LogP) is 4.89. The van der Waals surface area contributed by atoms with E-state index < -0.39 is 0 Å². The molecule has 0 unspecified atom stereocenters. The minimum Gasteiger partial charge on any atom is -0.348 e. The summed E-state index contributed by atoms with van der Waals surface area (Å²) in [6.45, 7) is 4.25. The number of rotatable bonds is 6. The fourth-order valence-corrected chi connectivity index (χ4v) is 3.25. The molecule has 116 valence electrons. The van der Waals surface area contributed by atoms with E-state index in [-0.39, 0.29) is 11.9 Å². The zero-order valence-corrected chi connectivity index (χ0v) is 14.3. The van der Waals surface area contributed by atoms with Crippen molar-refractivity contribution in [3.05, 3.63) is 65.2 Å². The molecule has 0 bridgehead atoms. The molecule has 2 aromatic rings. The van der Waals surface area contributed by atoms with Gasteiger partial charge in [-0.3, -0.25) is 4.79 Å². The fraction of sp³-hybridized carbons (Fsp3) is 0.278. The van der Waals surface area contributed by atoms with Crippen molar-refractivity contribution in [3.8, 4) is 0 Å². The molecule has 0 radical (unpaired) electrons. The lowest BCUT2D eigenvalue weighted by Crippen LogP contribution is -2.40. The molecule has 22 heavy (non-hydrogen) atoms. The molecule has 0 aliphatic rings. The van der Waals surface area contributed by atoms with E-state index in [0.717, 1.165) is 15.7 Å². The van der Waals surface area contributed by atoms with Gasteiger partial charge >= 0.3 is 0 Å². The Morgan fingerprint density at radius 1 is 1.09 bits per heavy atom. The van der Waals surface area contributed by atoms with Crippen LogP contribution in [0.25, 0.3) is 0 Å². The number of hydrogen-bond acceptors (Lipinski definition) is 2. The van der Waals surface area contributed by atoms with Gasteiger partial charge in [-0.15, -0.1) is 11.8 Å². The number of nitrogens with one attached hydrogen (secondary N) is 1. The molecular weight excluding hydrogens is 314 g/mol. The third kappa shape index (κ3) is 5.08. The van der Waals surface area contributed by atoms with Crippen molar-refractivity contribution in [3.63, 3.8) is 0 Å². The molecule has 0 heterocycles. The Bertz CT molecular complexity index is 598. The highest BCUT2D eigenvalue weighted by atomic mass is 35.5. The summed E-state index contributed by atoms with van der Waals surface area (Å²) in [6, 6.07) is 17.2. The van der Waals surface area contributed by atoms with Gasteiger partial charge in [0.1, 0.15) is 0 Å². The minimum atomic E-state index is -0.0176. The van der Waals surface area contributed by atoms with Crippen molar-refractivity contribution < 1.29 is 4.79 Å². The summed E-state index contributed by atoms with van der Waals surface area (Å²) in [6.07, 6.45) is 0. The van der Waals surface area contributed by atoms with E-state index in [0.29, 0.717) is 11.5 Å². The van der Waals surface area contributed by atoms with Crippen LogP contribution in [-0.4, -0.2) is 17.7 Å². The third-order valence-electron chi connectivity index (χ3n) is 3.40.